The third-order valence-corrected chi connectivity index (χ3v) is 2.93. The Kier molecular flexibility index (Phi) is 2.93. The lowest BCUT2D eigenvalue weighted by Crippen LogP contribution is -2.13. The molecule has 1 saturated carbocycles. The van der Waals surface area contributed by atoms with Gasteiger partial charge < -0.3 is 5.73 Å². The minimum atomic E-state index is -4.28. The zero-order chi connectivity index (χ0) is 11.8. The van der Waals surface area contributed by atoms with E-state index in [0.717, 1.165) is 31.4 Å². The van der Waals surface area contributed by atoms with Crippen LogP contribution in [0.15, 0.2) is 24.3 Å². The van der Waals surface area contributed by atoms with E-state index in [1.807, 2.05) is 0 Å². The summed E-state index contributed by atoms with van der Waals surface area (Å²) < 4.78 is 37.4. The summed E-state index contributed by atoms with van der Waals surface area (Å²) in [6.07, 6.45) is -1.17. The highest BCUT2D eigenvalue weighted by molar-refractivity contribution is 5.27. The highest BCUT2D eigenvalue weighted by Gasteiger charge is 2.31. The molecule has 0 saturated heterocycles. The van der Waals surface area contributed by atoms with E-state index < -0.39 is 11.7 Å². The summed E-state index contributed by atoms with van der Waals surface area (Å²) >= 11 is 0. The van der Waals surface area contributed by atoms with Gasteiger partial charge >= 0.3 is 6.18 Å². The molecular weight excluding hydrogens is 215 g/mol. The second kappa shape index (κ2) is 4.09. The Balaban J connectivity index is 2.14. The first-order chi connectivity index (χ1) is 7.47. The number of rotatable bonds is 3. The van der Waals surface area contributed by atoms with Gasteiger partial charge in [0.05, 0.1) is 5.56 Å². The molecule has 1 aliphatic rings. The highest BCUT2D eigenvalue weighted by Crippen LogP contribution is 2.37. The molecule has 0 radical (unpaired) electrons. The van der Waals surface area contributed by atoms with Crippen LogP contribution in [-0.2, 0) is 6.18 Å². The van der Waals surface area contributed by atoms with Crippen LogP contribution in [0.5, 0.6) is 0 Å². The molecular formula is C12H14F3N. The van der Waals surface area contributed by atoms with Crippen LogP contribution in [0, 0.1) is 5.92 Å². The molecule has 0 spiro atoms. The van der Waals surface area contributed by atoms with Gasteiger partial charge in [0, 0.05) is 6.04 Å². The van der Waals surface area contributed by atoms with E-state index in [0.29, 0.717) is 11.5 Å². The van der Waals surface area contributed by atoms with Crippen molar-refractivity contribution in [1.82, 2.24) is 0 Å². The maximum atomic E-state index is 12.5. The van der Waals surface area contributed by atoms with E-state index in [2.05, 4.69) is 0 Å². The minimum absolute atomic E-state index is 0.269. The Hall–Kier alpha value is -1.03. The molecule has 1 aromatic carbocycles. The molecule has 2 N–H and O–H groups in total. The van der Waals surface area contributed by atoms with Gasteiger partial charge in [-0.3, -0.25) is 0 Å². The average molecular weight is 229 g/mol. The van der Waals surface area contributed by atoms with Crippen LogP contribution < -0.4 is 5.73 Å². The molecule has 1 unspecified atom stereocenters. The summed E-state index contributed by atoms with van der Waals surface area (Å²) in [6, 6.07) is 5.06. The predicted octanol–water partition coefficient (Wildman–Crippen LogP) is 3.51. The fourth-order valence-electron chi connectivity index (χ4n) is 1.79. The van der Waals surface area contributed by atoms with Crippen molar-refractivity contribution in [3.05, 3.63) is 35.4 Å². The Bertz CT molecular complexity index is 369. The molecule has 0 bridgehead atoms. The fraction of sp³-hybridized carbons (Fsp3) is 0.500. The third-order valence-electron chi connectivity index (χ3n) is 2.93. The fourth-order valence-corrected chi connectivity index (χ4v) is 1.79. The van der Waals surface area contributed by atoms with Crippen LogP contribution in [0.2, 0.25) is 0 Å². The molecule has 0 amide bonds. The summed E-state index contributed by atoms with van der Waals surface area (Å²) in [4.78, 5) is 0. The molecule has 1 aromatic rings. The summed E-state index contributed by atoms with van der Waals surface area (Å²) in [5.41, 5.74) is 5.85. The monoisotopic (exact) mass is 229 g/mol. The smallest absolute Gasteiger partial charge is 0.324 e. The summed E-state index contributed by atoms with van der Waals surface area (Å²) in [5, 5.41) is 0. The molecule has 16 heavy (non-hydrogen) atoms. The van der Waals surface area contributed by atoms with Crippen molar-refractivity contribution in [1.29, 1.82) is 0 Å². The maximum absolute atomic E-state index is 12.5. The van der Waals surface area contributed by atoms with Crippen molar-refractivity contribution < 1.29 is 13.2 Å². The Morgan fingerprint density at radius 3 is 2.56 bits per heavy atom. The van der Waals surface area contributed by atoms with E-state index in [-0.39, 0.29) is 6.04 Å². The molecule has 0 aliphatic heterocycles. The number of halogens is 3. The van der Waals surface area contributed by atoms with Crippen molar-refractivity contribution in [2.45, 2.75) is 31.5 Å². The van der Waals surface area contributed by atoms with E-state index in [4.69, 9.17) is 5.73 Å². The largest absolute Gasteiger partial charge is 0.416 e. The Labute approximate surface area is 92.5 Å². The maximum Gasteiger partial charge on any atom is 0.416 e. The average Bonchev–Trinajstić information content (AvgIpc) is 3.00. The van der Waals surface area contributed by atoms with Crippen LogP contribution in [0.3, 0.4) is 0 Å². The minimum Gasteiger partial charge on any atom is -0.324 e. The summed E-state index contributed by atoms with van der Waals surface area (Å²) in [5.74, 6) is 0.615. The first kappa shape index (κ1) is 11.5. The molecule has 4 heteroatoms. The molecule has 2 rings (SSSR count). The van der Waals surface area contributed by atoms with Gasteiger partial charge in [-0.1, -0.05) is 25.0 Å². The summed E-state index contributed by atoms with van der Waals surface area (Å²) in [7, 11) is 0. The van der Waals surface area contributed by atoms with Crippen molar-refractivity contribution in [3.63, 3.8) is 0 Å². The number of hydrogen-bond donors (Lipinski definition) is 1. The normalized spacial score (nSPS) is 18.5. The number of benzene rings is 1. The second-order valence-electron chi connectivity index (χ2n) is 4.41. The number of nitrogens with two attached hydrogens (primary N) is 1. The molecule has 1 aliphatic carbocycles. The topological polar surface area (TPSA) is 26.0 Å². The van der Waals surface area contributed by atoms with Gasteiger partial charge in [-0.25, -0.2) is 0 Å². The lowest BCUT2D eigenvalue weighted by Gasteiger charge is -2.14. The summed E-state index contributed by atoms with van der Waals surface area (Å²) in [6.45, 7) is 0. The van der Waals surface area contributed by atoms with E-state index in [1.165, 1.54) is 6.07 Å². The van der Waals surface area contributed by atoms with E-state index >= 15 is 0 Å². The van der Waals surface area contributed by atoms with Gasteiger partial charge in [0.2, 0.25) is 0 Å². The molecule has 0 aromatic heterocycles. The van der Waals surface area contributed by atoms with Gasteiger partial charge in [-0.05, 0) is 30.0 Å². The standard InChI is InChI=1S/C12H14F3N/c13-12(14,15)10-3-1-2-9(7-10)11(16)6-8-4-5-8/h1-3,7-8,11H,4-6,16H2. The first-order valence-corrected chi connectivity index (χ1v) is 5.39. The zero-order valence-electron chi connectivity index (χ0n) is 8.80. The Morgan fingerprint density at radius 2 is 2.00 bits per heavy atom. The van der Waals surface area contributed by atoms with Gasteiger partial charge in [0.1, 0.15) is 0 Å². The van der Waals surface area contributed by atoms with Crippen molar-refractivity contribution in [2.24, 2.45) is 11.7 Å². The number of hydrogen-bond acceptors (Lipinski definition) is 1. The van der Waals surface area contributed by atoms with Crippen molar-refractivity contribution in [3.8, 4) is 0 Å². The van der Waals surface area contributed by atoms with Crippen molar-refractivity contribution >= 4 is 0 Å². The van der Waals surface area contributed by atoms with Crippen LogP contribution in [-0.4, -0.2) is 0 Å². The second-order valence-corrected chi connectivity index (χ2v) is 4.41. The molecule has 1 fully saturated rings. The van der Waals surface area contributed by atoms with Gasteiger partial charge in [-0.2, -0.15) is 13.2 Å². The van der Waals surface area contributed by atoms with E-state index in [9.17, 15) is 13.2 Å². The molecule has 1 atom stereocenters. The quantitative estimate of drug-likeness (QED) is 0.843. The van der Waals surface area contributed by atoms with Gasteiger partial charge in [0.25, 0.3) is 0 Å². The molecule has 1 nitrogen and oxygen atoms in total. The van der Waals surface area contributed by atoms with Crippen LogP contribution in [0.1, 0.15) is 36.4 Å². The molecule has 88 valence electrons. The van der Waals surface area contributed by atoms with E-state index in [1.54, 1.807) is 6.07 Å². The zero-order valence-corrected chi connectivity index (χ0v) is 8.80. The lowest BCUT2D eigenvalue weighted by molar-refractivity contribution is -0.137. The van der Waals surface area contributed by atoms with Crippen LogP contribution in [0.25, 0.3) is 0 Å². The first-order valence-electron chi connectivity index (χ1n) is 5.39. The number of alkyl halides is 3. The Morgan fingerprint density at radius 1 is 1.31 bits per heavy atom. The predicted molar refractivity (Wildman–Crippen MR) is 55.7 cm³/mol. The van der Waals surface area contributed by atoms with Gasteiger partial charge in [0.15, 0.2) is 0 Å². The molecule has 0 heterocycles. The van der Waals surface area contributed by atoms with Crippen LogP contribution in [0.4, 0.5) is 13.2 Å². The van der Waals surface area contributed by atoms with Gasteiger partial charge in [-0.15, -0.1) is 0 Å². The van der Waals surface area contributed by atoms with Crippen molar-refractivity contribution in [2.75, 3.05) is 0 Å². The lowest BCUT2D eigenvalue weighted by atomic mass is 10.00. The SMILES string of the molecule is NC(CC1CC1)c1cccc(C(F)(F)F)c1. The third kappa shape index (κ3) is 2.76. The van der Waals surface area contributed by atoms with Crippen LogP contribution >= 0.6 is 0 Å². The highest BCUT2D eigenvalue weighted by atomic mass is 19.4.